The second kappa shape index (κ2) is 6.51. The monoisotopic (exact) mass is 301 g/mol. The predicted octanol–water partition coefficient (Wildman–Crippen LogP) is 3.07. The van der Waals surface area contributed by atoms with Gasteiger partial charge >= 0.3 is 5.97 Å². The first-order valence-electron chi connectivity index (χ1n) is 8.28. The van der Waals surface area contributed by atoms with Crippen molar-refractivity contribution in [3.05, 3.63) is 35.4 Å². The van der Waals surface area contributed by atoms with Gasteiger partial charge in [0.2, 0.25) is 5.91 Å². The molecule has 4 heteroatoms. The molecule has 0 saturated heterocycles. The van der Waals surface area contributed by atoms with Gasteiger partial charge in [0.05, 0.1) is 17.9 Å². The number of nitrogens with one attached hydrogen (secondary N) is 1. The van der Waals surface area contributed by atoms with Crippen LogP contribution in [0.25, 0.3) is 0 Å². The Morgan fingerprint density at radius 3 is 2.50 bits per heavy atom. The van der Waals surface area contributed by atoms with Crippen LogP contribution in [-0.2, 0) is 16.0 Å². The number of hydrogen-bond acceptors (Lipinski definition) is 2. The van der Waals surface area contributed by atoms with Gasteiger partial charge in [0.15, 0.2) is 0 Å². The molecule has 0 radical (unpaired) electrons. The number of carbonyl (C=O) groups is 2. The van der Waals surface area contributed by atoms with E-state index in [9.17, 15) is 14.7 Å². The van der Waals surface area contributed by atoms with Gasteiger partial charge in [-0.05, 0) is 43.2 Å². The van der Waals surface area contributed by atoms with Gasteiger partial charge in [0.25, 0.3) is 0 Å². The number of carboxylic acid groups (broad SMARTS) is 1. The quantitative estimate of drug-likeness (QED) is 0.901. The van der Waals surface area contributed by atoms with Crippen molar-refractivity contribution in [3.63, 3.8) is 0 Å². The van der Waals surface area contributed by atoms with Crippen LogP contribution in [0.4, 0.5) is 0 Å². The summed E-state index contributed by atoms with van der Waals surface area (Å²) in [5, 5.41) is 12.5. The maximum absolute atomic E-state index is 12.6. The van der Waals surface area contributed by atoms with Crippen LogP contribution in [0.5, 0.6) is 0 Å². The van der Waals surface area contributed by atoms with E-state index >= 15 is 0 Å². The summed E-state index contributed by atoms with van der Waals surface area (Å²) in [5.41, 5.74) is 2.50. The van der Waals surface area contributed by atoms with Crippen molar-refractivity contribution in [2.75, 3.05) is 0 Å². The normalized spacial score (nSPS) is 27.7. The summed E-state index contributed by atoms with van der Waals surface area (Å²) in [6, 6.07) is 8.27. The highest BCUT2D eigenvalue weighted by Crippen LogP contribution is 2.33. The molecule has 1 aromatic carbocycles. The smallest absolute Gasteiger partial charge is 0.307 e. The molecule has 118 valence electrons. The Kier molecular flexibility index (Phi) is 4.46. The molecule has 0 spiro atoms. The minimum Gasteiger partial charge on any atom is -0.481 e. The lowest BCUT2D eigenvalue weighted by molar-refractivity contribution is -0.149. The Bertz CT molecular complexity index is 569. The van der Waals surface area contributed by atoms with E-state index < -0.39 is 11.9 Å². The van der Waals surface area contributed by atoms with Crippen LogP contribution < -0.4 is 5.32 Å². The zero-order valence-electron chi connectivity index (χ0n) is 12.8. The van der Waals surface area contributed by atoms with Gasteiger partial charge in [-0.25, -0.2) is 0 Å². The number of carbonyl (C=O) groups excluding carboxylic acids is 1. The van der Waals surface area contributed by atoms with Crippen molar-refractivity contribution in [3.8, 4) is 0 Å². The van der Waals surface area contributed by atoms with Crippen molar-refractivity contribution in [2.45, 2.75) is 51.0 Å². The molecule has 0 unspecified atom stereocenters. The van der Waals surface area contributed by atoms with Crippen LogP contribution in [-0.4, -0.2) is 17.0 Å². The van der Waals surface area contributed by atoms with E-state index in [1.807, 2.05) is 12.1 Å². The van der Waals surface area contributed by atoms with Crippen molar-refractivity contribution in [1.29, 1.82) is 0 Å². The third-order valence-corrected chi connectivity index (χ3v) is 5.11. The first-order chi connectivity index (χ1) is 10.7. The minimum absolute atomic E-state index is 0.0359. The van der Waals surface area contributed by atoms with Gasteiger partial charge in [-0.2, -0.15) is 0 Å². The Hall–Kier alpha value is -1.84. The van der Waals surface area contributed by atoms with Crippen LogP contribution in [0.1, 0.15) is 55.7 Å². The number of amides is 1. The molecule has 2 aliphatic carbocycles. The second-order valence-corrected chi connectivity index (χ2v) is 6.49. The summed E-state index contributed by atoms with van der Waals surface area (Å²) in [6.07, 6.45) is 6.23. The number of fused-ring (bicyclic) bond motifs is 1. The lowest BCUT2D eigenvalue weighted by Gasteiger charge is -2.31. The zero-order valence-corrected chi connectivity index (χ0v) is 12.8. The minimum atomic E-state index is -0.830. The number of benzene rings is 1. The van der Waals surface area contributed by atoms with E-state index in [0.717, 1.165) is 32.1 Å². The summed E-state index contributed by atoms with van der Waals surface area (Å²) in [7, 11) is 0. The molecule has 1 saturated carbocycles. The van der Waals surface area contributed by atoms with Crippen molar-refractivity contribution in [1.82, 2.24) is 5.32 Å². The third kappa shape index (κ3) is 3.01. The van der Waals surface area contributed by atoms with Gasteiger partial charge in [-0.3, -0.25) is 9.59 Å². The summed E-state index contributed by atoms with van der Waals surface area (Å²) in [5.74, 6) is -1.80. The highest BCUT2D eigenvalue weighted by Gasteiger charge is 2.36. The van der Waals surface area contributed by atoms with E-state index in [-0.39, 0.29) is 17.9 Å². The molecule has 1 aromatic rings. The fraction of sp³-hybridized carbons (Fsp3) is 0.556. The van der Waals surface area contributed by atoms with Gasteiger partial charge in [-0.1, -0.05) is 37.1 Å². The van der Waals surface area contributed by atoms with E-state index in [2.05, 4.69) is 17.4 Å². The molecule has 0 aromatic heterocycles. The largest absolute Gasteiger partial charge is 0.481 e. The van der Waals surface area contributed by atoms with E-state index in [1.165, 1.54) is 11.1 Å². The summed E-state index contributed by atoms with van der Waals surface area (Å²) < 4.78 is 0. The fourth-order valence-corrected chi connectivity index (χ4v) is 3.92. The van der Waals surface area contributed by atoms with Crippen LogP contribution in [0.15, 0.2) is 24.3 Å². The second-order valence-electron chi connectivity index (χ2n) is 6.49. The molecule has 0 heterocycles. The fourth-order valence-electron chi connectivity index (χ4n) is 3.92. The van der Waals surface area contributed by atoms with Gasteiger partial charge in [0.1, 0.15) is 0 Å². The number of aryl methyl sites for hydroxylation is 1. The standard InChI is InChI=1S/C18H23NO3/c20-17(14-9-3-4-10-15(14)18(21)22)19-16-11-5-7-12-6-1-2-8-13(12)16/h1-2,6,8,14-16H,3-5,7,9-11H2,(H,19,20)(H,21,22)/t14-,15-,16-/m1/s1. The van der Waals surface area contributed by atoms with E-state index in [4.69, 9.17) is 0 Å². The van der Waals surface area contributed by atoms with E-state index in [1.54, 1.807) is 0 Å². The van der Waals surface area contributed by atoms with Crippen molar-refractivity contribution in [2.24, 2.45) is 11.8 Å². The lowest BCUT2D eigenvalue weighted by atomic mass is 9.78. The van der Waals surface area contributed by atoms with E-state index in [0.29, 0.717) is 12.8 Å². The third-order valence-electron chi connectivity index (χ3n) is 5.11. The summed E-state index contributed by atoms with van der Waals surface area (Å²) in [4.78, 5) is 24.0. The average molecular weight is 301 g/mol. The topological polar surface area (TPSA) is 66.4 Å². The molecule has 22 heavy (non-hydrogen) atoms. The zero-order chi connectivity index (χ0) is 15.5. The molecule has 2 aliphatic rings. The van der Waals surface area contributed by atoms with Gasteiger partial charge in [-0.15, -0.1) is 0 Å². The first-order valence-corrected chi connectivity index (χ1v) is 8.28. The van der Waals surface area contributed by atoms with Crippen molar-refractivity contribution < 1.29 is 14.7 Å². The molecule has 0 bridgehead atoms. The maximum atomic E-state index is 12.6. The molecule has 0 aliphatic heterocycles. The molecule has 1 fully saturated rings. The molecule has 2 N–H and O–H groups in total. The highest BCUT2D eigenvalue weighted by molar-refractivity contribution is 5.85. The molecule has 1 amide bonds. The Balaban J connectivity index is 1.73. The molecular weight excluding hydrogens is 278 g/mol. The maximum Gasteiger partial charge on any atom is 0.307 e. The van der Waals surface area contributed by atoms with Crippen LogP contribution in [0, 0.1) is 11.8 Å². The van der Waals surface area contributed by atoms with Crippen LogP contribution in [0.3, 0.4) is 0 Å². The average Bonchev–Trinajstić information content (AvgIpc) is 2.55. The number of hydrogen-bond donors (Lipinski definition) is 2. The Labute approximate surface area is 130 Å². The summed E-state index contributed by atoms with van der Waals surface area (Å²) in [6.45, 7) is 0. The lowest BCUT2D eigenvalue weighted by Crippen LogP contribution is -2.41. The van der Waals surface area contributed by atoms with Gasteiger partial charge < -0.3 is 10.4 Å². The number of carboxylic acids is 1. The van der Waals surface area contributed by atoms with Crippen molar-refractivity contribution >= 4 is 11.9 Å². The highest BCUT2D eigenvalue weighted by atomic mass is 16.4. The molecule has 3 atom stereocenters. The van der Waals surface area contributed by atoms with Crippen LogP contribution in [0.2, 0.25) is 0 Å². The Morgan fingerprint density at radius 2 is 1.73 bits per heavy atom. The number of aliphatic carboxylic acids is 1. The van der Waals surface area contributed by atoms with Crippen LogP contribution >= 0.6 is 0 Å². The molecule has 3 rings (SSSR count). The molecule has 4 nitrogen and oxygen atoms in total. The number of rotatable bonds is 3. The first kappa shape index (κ1) is 15.1. The predicted molar refractivity (Wildman–Crippen MR) is 83.3 cm³/mol. The summed E-state index contributed by atoms with van der Waals surface area (Å²) >= 11 is 0. The Morgan fingerprint density at radius 1 is 1.00 bits per heavy atom. The molecular formula is C18H23NO3. The van der Waals surface area contributed by atoms with Gasteiger partial charge in [0, 0.05) is 0 Å². The SMILES string of the molecule is O=C(O)[C@@H]1CCCC[C@H]1C(=O)N[C@@H]1CCCc2ccccc21.